The number of ether oxygens (including phenoxy) is 1. The molecule has 5 rings (SSSR count). The van der Waals surface area contributed by atoms with Gasteiger partial charge in [0, 0.05) is 36.8 Å². The van der Waals surface area contributed by atoms with Crippen LogP contribution in [0.2, 0.25) is 0 Å². The Labute approximate surface area is 244 Å². The summed E-state index contributed by atoms with van der Waals surface area (Å²) in [6.45, 7) is 5.06. The van der Waals surface area contributed by atoms with Crippen molar-refractivity contribution in [3.8, 4) is 5.75 Å². The van der Waals surface area contributed by atoms with Crippen LogP contribution in [-0.2, 0) is 22.4 Å². The third-order valence-corrected chi connectivity index (χ3v) is 9.20. The molecular weight excluding hydrogens is 544 g/mol. The molecule has 0 saturated carbocycles. The number of hydrogen-bond donors (Lipinski definition) is 7. The zero-order valence-corrected chi connectivity index (χ0v) is 25.1. The number of ketones is 1. The fourth-order valence-electron chi connectivity index (χ4n) is 7.98. The number of carbonyl (C=O) groups is 2. The van der Waals surface area contributed by atoms with Gasteiger partial charge in [0.25, 0.3) is 5.91 Å². The molecule has 230 valence electrons. The first kappa shape index (κ1) is 30.3. The molecule has 1 aromatic carbocycles. The van der Waals surface area contributed by atoms with Crippen LogP contribution in [0.3, 0.4) is 0 Å². The highest BCUT2D eigenvalue weighted by Crippen LogP contribution is 2.68. The van der Waals surface area contributed by atoms with Gasteiger partial charge in [-0.1, -0.05) is 0 Å². The highest BCUT2D eigenvalue weighted by Gasteiger charge is 2.84. The zero-order valence-electron chi connectivity index (χ0n) is 25.1. The Hall–Kier alpha value is -3.16. The van der Waals surface area contributed by atoms with E-state index in [1.807, 2.05) is 19.0 Å². The van der Waals surface area contributed by atoms with Gasteiger partial charge in [0.05, 0.1) is 17.2 Å². The Morgan fingerprint density at radius 1 is 1.17 bits per heavy atom. The number of primary amides is 1. The standard InChI is InChI=1S/C30H42N4O8/c1-27(2,40)12-28(3,32)11-14-10-17(33(4)5)15-8-13-9-16-21(34(6)7)24(37)20(26(31)39)30(41)29(16,42-30)25(38)18(13)23(36)19(15)22(14)35/h10,13,16,21,35,37-38,40-41H,8-9,11-12,32H2,1-7H3,(H2,31,39)/t13-,16-,21-,28?,29-,30?/m0/s1. The average molecular weight is 587 g/mol. The lowest BCUT2D eigenvalue weighted by Gasteiger charge is -2.46. The Balaban J connectivity index is 1.68. The monoisotopic (exact) mass is 586 g/mol. The average Bonchev–Trinajstić information content (AvgIpc) is 3.44. The van der Waals surface area contributed by atoms with Gasteiger partial charge >= 0.3 is 0 Å². The largest absolute Gasteiger partial charge is 0.510 e. The molecule has 2 unspecified atom stereocenters. The number of anilines is 1. The highest BCUT2D eigenvalue weighted by atomic mass is 16.8. The number of amides is 1. The van der Waals surface area contributed by atoms with Crippen LogP contribution in [-0.4, -0.2) is 98.9 Å². The maximum atomic E-state index is 14.3. The third kappa shape index (κ3) is 4.15. The molecule has 1 spiro atoms. The van der Waals surface area contributed by atoms with Crippen LogP contribution in [0.4, 0.5) is 5.69 Å². The van der Waals surface area contributed by atoms with Crippen molar-refractivity contribution in [3.63, 3.8) is 0 Å². The Bertz CT molecular complexity index is 1460. The van der Waals surface area contributed by atoms with Gasteiger partial charge in [-0.15, -0.1) is 0 Å². The minimum absolute atomic E-state index is 0.0125. The summed E-state index contributed by atoms with van der Waals surface area (Å²) in [5.41, 5.74) is 9.41. The first-order valence-corrected chi connectivity index (χ1v) is 14.1. The Morgan fingerprint density at radius 2 is 1.79 bits per heavy atom. The molecule has 1 heterocycles. The molecule has 4 aliphatic rings. The van der Waals surface area contributed by atoms with Gasteiger partial charge in [-0.2, -0.15) is 0 Å². The zero-order chi connectivity index (χ0) is 31.5. The van der Waals surface area contributed by atoms with Crippen LogP contribution in [0.1, 0.15) is 55.1 Å². The van der Waals surface area contributed by atoms with Crippen molar-refractivity contribution in [2.24, 2.45) is 23.3 Å². The number of epoxide rings is 1. The molecule has 12 heteroatoms. The van der Waals surface area contributed by atoms with Crippen LogP contribution in [0, 0.1) is 11.8 Å². The minimum Gasteiger partial charge on any atom is -0.510 e. The van der Waals surface area contributed by atoms with Crippen LogP contribution >= 0.6 is 0 Å². The first-order chi connectivity index (χ1) is 19.2. The number of nitrogens with two attached hydrogens (primary N) is 2. The van der Waals surface area contributed by atoms with Gasteiger partial charge in [-0.3, -0.25) is 14.5 Å². The van der Waals surface area contributed by atoms with Gasteiger partial charge in [0.15, 0.2) is 11.4 Å². The van der Waals surface area contributed by atoms with E-state index < -0.39 is 69.2 Å². The van der Waals surface area contributed by atoms with Crippen molar-refractivity contribution in [1.82, 2.24) is 4.90 Å². The van der Waals surface area contributed by atoms with Crippen molar-refractivity contribution in [2.75, 3.05) is 33.1 Å². The molecule has 1 fully saturated rings. The number of hydrogen-bond acceptors (Lipinski definition) is 11. The predicted molar refractivity (Wildman–Crippen MR) is 154 cm³/mol. The molecule has 1 amide bonds. The SMILES string of the molecule is CN(C)c1cc(CC(C)(N)CC(C)(C)O)c(O)c2c1C[C@H]1C[C@H]3[C@H](N(C)C)C(O)=C(C(N)=O)C4(O)O[C@]34C(O)=C1C2=O. The van der Waals surface area contributed by atoms with Gasteiger partial charge in [-0.05, 0) is 83.7 Å². The number of rotatable bonds is 7. The Morgan fingerprint density at radius 3 is 2.31 bits per heavy atom. The maximum absolute atomic E-state index is 14.3. The third-order valence-electron chi connectivity index (χ3n) is 9.20. The molecule has 0 aromatic heterocycles. The topological polar surface area (TPSA) is 206 Å². The van der Waals surface area contributed by atoms with Crippen molar-refractivity contribution < 1.29 is 39.9 Å². The van der Waals surface area contributed by atoms with E-state index in [9.17, 15) is 35.1 Å². The number of aromatic hydroxyl groups is 1. The van der Waals surface area contributed by atoms with Gasteiger partial charge in [0.2, 0.25) is 5.79 Å². The lowest BCUT2D eigenvalue weighted by atomic mass is 9.60. The highest BCUT2D eigenvalue weighted by molar-refractivity contribution is 6.15. The number of fused-ring (bicyclic) bond motifs is 2. The summed E-state index contributed by atoms with van der Waals surface area (Å²) >= 11 is 0. The van der Waals surface area contributed by atoms with E-state index in [-0.39, 0.29) is 42.6 Å². The van der Waals surface area contributed by atoms with Crippen LogP contribution in [0.25, 0.3) is 0 Å². The number of phenols is 1. The number of carbonyl (C=O) groups excluding carboxylic acids is 2. The molecule has 42 heavy (non-hydrogen) atoms. The smallest absolute Gasteiger partial charge is 0.253 e. The van der Waals surface area contributed by atoms with Crippen LogP contribution in [0.15, 0.2) is 28.7 Å². The number of phenolic OH excluding ortho intramolecular Hbond substituents is 1. The van der Waals surface area contributed by atoms with Crippen LogP contribution < -0.4 is 16.4 Å². The number of benzene rings is 1. The molecule has 1 aromatic rings. The van der Waals surface area contributed by atoms with E-state index in [1.54, 1.807) is 45.8 Å². The summed E-state index contributed by atoms with van der Waals surface area (Å²) in [5, 5.41) is 56.2. The molecule has 1 saturated heterocycles. The summed E-state index contributed by atoms with van der Waals surface area (Å²) in [4.78, 5) is 30.1. The predicted octanol–water partition coefficient (Wildman–Crippen LogP) is 0.765. The second-order valence-electron chi connectivity index (χ2n) is 13.8. The Kier molecular flexibility index (Phi) is 6.62. The second-order valence-corrected chi connectivity index (χ2v) is 13.8. The van der Waals surface area contributed by atoms with E-state index in [1.165, 1.54) is 0 Å². The second kappa shape index (κ2) is 9.17. The first-order valence-electron chi connectivity index (χ1n) is 14.1. The number of likely N-dealkylation sites (N-methyl/N-ethyl adjacent to an activating group) is 1. The molecule has 9 N–H and O–H groups in total. The fourth-order valence-corrected chi connectivity index (χ4v) is 7.98. The lowest BCUT2D eigenvalue weighted by Crippen LogP contribution is -2.57. The molecular formula is C30H42N4O8. The summed E-state index contributed by atoms with van der Waals surface area (Å²) in [7, 11) is 7.02. The van der Waals surface area contributed by atoms with Crippen LogP contribution in [0.5, 0.6) is 5.75 Å². The maximum Gasteiger partial charge on any atom is 0.253 e. The number of Topliss-reactive ketones (excluding diaryl/α,β-unsaturated/α-hetero) is 1. The normalized spacial score (nSPS) is 31.7. The van der Waals surface area contributed by atoms with E-state index in [4.69, 9.17) is 16.2 Å². The van der Waals surface area contributed by atoms with Gasteiger partial charge in [-0.25, -0.2) is 0 Å². The molecule has 6 atom stereocenters. The van der Waals surface area contributed by atoms with E-state index >= 15 is 0 Å². The van der Waals surface area contributed by atoms with Crippen molar-refractivity contribution in [1.29, 1.82) is 0 Å². The number of aliphatic hydroxyl groups excluding tert-OH is 2. The molecule has 0 radical (unpaired) electrons. The quantitative estimate of drug-likeness (QED) is 0.222. The minimum atomic E-state index is -2.40. The summed E-state index contributed by atoms with van der Waals surface area (Å²) in [6, 6.07) is 0.966. The number of nitrogens with zero attached hydrogens (tertiary/aromatic N) is 2. The van der Waals surface area contributed by atoms with E-state index in [0.29, 0.717) is 16.8 Å². The van der Waals surface area contributed by atoms with E-state index in [0.717, 1.165) is 0 Å². The fraction of sp³-hybridized carbons (Fsp3) is 0.600. The number of allylic oxidation sites excluding steroid dienone is 1. The van der Waals surface area contributed by atoms with Gasteiger partial charge < -0.3 is 46.6 Å². The van der Waals surface area contributed by atoms with Gasteiger partial charge in [0.1, 0.15) is 22.8 Å². The molecule has 0 bridgehead atoms. The van der Waals surface area contributed by atoms with Crippen molar-refractivity contribution in [3.05, 3.63) is 45.4 Å². The number of aliphatic hydroxyl groups is 4. The summed E-state index contributed by atoms with van der Waals surface area (Å²) in [6.07, 6.45) is 0.896. The molecule has 3 aliphatic carbocycles. The molecule has 1 aliphatic heterocycles. The summed E-state index contributed by atoms with van der Waals surface area (Å²) in [5.74, 6) is -6.60. The van der Waals surface area contributed by atoms with Crippen molar-refractivity contribution >= 4 is 17.4 Å². The van der Waals surface area contributed by atoms with Crippen molar-refractivity contribution in [2.45, 2.75) is 75.0 Å². The summed E-state index contributed by atoms with van der Waals surface area (Å²) < 4.78 is 5.75. The lowest BCUT2D eigenvalue weighted by molar-refractivity contribution is -0.117. The van der Waals surface area contributed by atoms with E-state index in [2.05, 4.69) is 0 Å². The molecule has 12 nitrogen and oxygen atoms in total.